The summed E-state index contributed by atoms with van der Waals surface area (Å²) in [6.07, 6.45) is 3.48. The van der Waals surface area contributed by atoms with Gasteiger partial charge in [-0.2, -0.15) is 0 Å². The minimum Gasteiger partial charge on any atom is -0.354 e. The Balaban J connectivity index is 2.08. The van der Waals surface area contributed by atoms with Crippen molar-refractivity contribution in [3.8, 4) is 0 Å². The molecule has 0 amide bonds. The van der Waals surface area contributed by atoms with E-state index in [2.05, 4.69) is 4.98 Å². The fourth-order valence-electron chi connectivity index (χ4n) is 2.02. The predicted octanol–water partition coefficient (Wildman–Crippen LogP) is 2.05. The molecule has 5 heteroatoms. The van der Waals surface area contributed by atoms with Gasteiger partial charge in [-0.05, 0) is 31.4 Å². The first kappa shape index (κ1) is 11.6. The summed E-state index contributed by atoms with van der Waals surface area (Å²) in [5, 5.41) is 0.332. The van der Waals surface area contributed by atoms with Crippen LogP contribution >= 0.6 is 11.6 Å². The van der Waals surface area contributed by atoms with Crippen molar-refractivity contribution in [2.75, 3.05) is 24.5 Å². The number of rotatable bonds is 2. The van der Waals surface area contributed by atoms with Crippen molar-refractivity contribution < 1.29 is 4.39 Å². The van der Waals surface area contributed by atoms with Crippen molar-refractivity contribution in [1.29, 1.82) is 0 Å². The van der Waals surface area contributed by atoms with Gasteiger partial charge in [-0.3, -0.25) is 0 Å². The molecular formula is C11H15ClFN3. The number of nitrogens with two attached hydrogens (primary N) is 1. The summed E-state index contributed by atoms with van der Waals surface area (Å²) in [5.41, 5.74) is 5.61. The Morgan fingerprint density at radius 3 is 2.75 bits per heavy atom. The molecule has 16 heavy (non-hydrogen) atoms. The number of anilines is 1. The van der Waals surface area contributed by atoms with E-state index >= 15 is 0 Å². The van der Waals surface area contributed by atoms with Gasteiger partial charge in [0.1, 0.15) is 0 Å². The third kappa shape index (κ3) is 2.44. The Morgan fingerprint density at radius 2 is 2.19 bits per heavy atom. The first-order valence-electron chi connectivity index (χ1n) is 5.46. The predicted molar refractivity (Wildman–Crippen MR) is 63.2 cm³/mol. The zero-order valence-corrected chi connectivity index (χ0v) is 9.75. The van der Waals surface area contributed by atoms with Crippen molar-refractivity contribution >= 4 is 17.4 Å². The van der Waals surface area contributed by atoms with Crippen LogP contribution in [0.5, 0.6) is 0 Å². The number of hydrogen-bond acceptors (Lipinski definition) is 3. The Bertz CT molecular complexity index is 364. The normalized spacial score (nSPS) is 17.8. The summed E-state index contributed by atoms with van der Waals surface area (Å²) in [6.45, 7) is 2.34. The maximum absolute atomic E-state index is 13.6. The van der Waals surface area contributed by atoms with E-state index in [9.17, 15) is 4.39 Å². The summed E-state index contributed by atoms with van der Waals surface area (Å²) < 4.78 is 13.6. The molecule has 0 unspecified atom stereocenters. The minimum absolute atomic E-state index is 0.332. The highest BCUT2D eigenvalue weighted by molar-refractivity contribution is 6.30. The van der Waals surface area contributed by atoms with Crippen molar-refractivity contribution in [1.82, 2.24) is 4.98 Å². The molecule has 0 saturated carbocycles. The van der Waals surface area contributed by atoms with Crippen LogP contribution in [0.1, 0.15) is 12.8 Å². The van der Waals surface area contributed by atoms with Crippen molar-refractivity contribution in [3.63, 3.8) is 0 Å². The second-order valence-corrected chi connectivity index (χ2v) is 4.56. The van der Waals surface area contributed by atoms with Gasteiger partial charge in [-0.15, -0.1) is 0 Å². The molecule has 88 valence electrons. The summed E-state index contributed by atoms with van der Waals surface area (Å²) in [7, 11) is 0. The molecule has 1 aliphatic rings. The highest BCUT2D eigenvalue weighted by atomic mass is 35.5. The van der Waals surface area contributed by atoms with Gasteiger partial charge in [0, 0.05) is 19.3 Å². The lowest BCUT2D eigenvalue weighted by atomic mass is 9.97. The first-order chi connectivity index (χ1) is 7.70. The summed E-state index contributed by atoms with van der Waals surface area (Å²) >= 11 is 5.66. The SMILES string of the molecule is NCC1CCN(c2ncc(Cl)cc2F)CC1. The largest absolute Gasteiger partial charge is 0.354 e. The van der Waals surface area contributed by atoms with Gasteiger partial charge in [0.05, 0.1) is 5.02 Å². The van der Waals surface area contributed by atoms with Crippen LogP contribution in [-0.4, -0.2) is 24.6 Å². The zero-order chi connectivity index (χ0) is 11.5. The van der Waals surface area contributed by atoms with Gasteiger partial charge in [0.25, 0.3) is 0 Å². The maximum Gasteiger partial charge on any atom is 0.167 e. The second kappa shape index (κ2) is 4.97. The minimum atomic E-state index is -0.348. The van der Waals surface area contributed by atoms with E-state index in [-0.39, 0.29) is 5.82 Å². The average molecular weight is 244 g/mol. The van der Waals surface area contributed by atoms with Crippen LogP contribution in [0.25, 0.3) is 0 Å². The molecule has 2 heterocycles. The third-order valence-corrected chi connectivity index (χ3v) is 3.24. The number of hydrogen-bond donors (Lipinski definition) is 1. The van der Waals surface area contributed by atoms with Crippen LogP contribution in [0.3, 0.4) is 0 Å². The molecular weight excluding hydrogens is 229 g/mol. The molecule has 0 spiro atoms. The molecule has 2 rings (SSSR count). The van der Waals surface area contributed by atoms with Crippen molar-refractivity contribution in [3.05, 3.63) is 23.1 Å². The molecule has 2 N–H and O–H groups in total. The van der Waals surface area contributed by atoms with E-state index in [4.69, 9.17) is 17.3 Å². The van der Waals surface area contributed by atoms with Crippen LogP contribution in [-0.2, 0) is 0 Å². The molecule has 1 aromatic rings. The number of halogens is 2. The van der Waals surface area contributed by atoms with E-state index in [0.717, 1.165) is 25.9 Å². The van der Waals surface area contributed by atoms with E-state index in [0.29, 0.717) is 23.3 Å². The molecule has 1 aliphatic heterocycles. The number of pyridine rings is 1. The van der Waals surface area contributed by atoms with Gasteiger partial charge in [0.2, 0.25) is 0 Å². The Labute approximate surface area is 99.4 Å². The molecule has 1 saturated heterocycles. The Hall–Kier alpha value is -0.870. The first-order valence-corrected chi connectivity index (χ1v) is 5.84. The highest BCUT2D eigenvalue weighted by Crippen LogP contribution is 2.24. The van der Waals surface area contributed by atoms with Gasteiger partial charge < -0.3 is 10.6 Å². The van der Waals surface area contributed by atoms with Crippen molar-refractivity contribution in [2.24, 2.45) is 11.7 Å². The lowest BCUT2D eigenvalue weighted by molar-refractivity contribution is 0.409. The summed E-state index contributed by atoms with van der Waals surface area (Å²) in [6, 6.07) is 1.30. The third-order valence-electron chi connectivity index (χ3n) is 3.04. The van der Waals surface area contributed by atoms with E-state index in [1.54, 1.807) is 0 Å². The monoisotopic (exact) mass is 243 g/mol. The molecule has 0 atom stereocenters. The van der Waals surface area contributed by atoms with E-state index in [1.165, 1.54) is 12.3 Å². The molecule has 1 aromatic heterocycles. The molecule has 3 nitrogen and oxygen atoms in total. The topological polar surface area (TPSA) is 42.1 Å². The zero-order valence-electron chi connectivity index (χ0n) is 9.00. The number of piperidine rings is 1. The van der Waals surface area contributed by atoms with Gasteiger partial charge >= 0.3 is 0 Å². The van der Waals surface area contributed by atoms with Crippen LogP contribution in [0, 0.1) is 11.7 Å². The fourth-order valence-corrected chi connectivity index (χ4v) is 2.17. The Kier molecular flexibility index (Phi) is 3.61. The lowest BCUT2D eigenvalue weighted by Crippen LogP contribution is -2.37. The summed E-state index contributed by atoms with van der Waals surface area (Å²) in [5.74, 6) is 0.616. The molecule has 0 aliphatic carbocycles. The molecule has 0 radical (unpaired) electrons. The van der Waals surface area contributed by atoms with Crippen LogP contribution in [0.2, 0.25) is 5.02 Å². The van der Waals surface area contributed by atoms with Gasteiger partial charge in [-0.1, -0.05) is 11.6 Å². The van der Waals surface area contributed by atoms with Gasteiger partial charge in [0.15, 0.2) is 11.6 Å². The standard InChI is InChI=1S/C11H15ClFN3/c12-9-5-10(13)11(15-7-9)16-3-1-8(6-14)2-4-16/h5,7-8H,1-4,6,14H2. The highest BCUT2D eigenvalue weighted by Gasteiger charge is 2.21. The maximum atomic E-state index is 13.6. The Morgan fingerprint density at radius 1 is 1.50 bits per heavy atom. The average Bonchev–Trinajstić information content (AvgIpc) is 2.29. The van der Waals surface area contributed by atoms with Crippen LogP contribution in [0.4, 0.5) is 10.2 Å². The molecule has 0 bridgehead atoms. The van der Waals surface area contributed by atoms with E-state index in [1.807, 2.05) is 4.90 Å². The molecule has 1 fully saturated rings. The second-order valence-electron chi connectivity index (χ2n) is 4.13. The number of aromatic nitrogens is 1. The molecule has 0 aromatic carbocycles. The van der Waals surface area contributed by atoms with Crippen molar-refractivity contribution in [2.45, 2.75) is 12.8 Å². The number of nitrogens with zero attached hydrogens (tertiary/aromatic N) is 2. The van der Waals surface area contributed by atoms with E-state index < -0.39 is 0 Å². The lowest BCUT2D eigenvalue weighted by Gasteiger charge is -2.32. The van der Waals surface area contributed by atoms with Crippen LogP contribution < -0.4 is 10.6 Å². The smallest absolute Gasteiger partial charge is 0.167 e. The van der Waals surface area contributed by atoms with Gasteiger partial charge in [-0.25, -0.2) is 9.37 Å². The quantitative estimate of drug-likeness (QED) is 0.865. The fraction of sp³-hybridized carbons (Fsp3) is 0.545. The van der Waals surface area contributed by atoms with Crippen LogP contribution in [0.15, 0.2) is 12.3 Å². The summed E-state index contributed by atoms with van der Waals surface area (Å²) in [4.78, 5) is 6.00.